The fourth-order valence-corrected chi connectivity index (χ4v) is 4.58. The number of hydrogen-bond donors (Lipinski definition) is 2. The summed E-state index contributed by atoms with van der Waals surface area (Å²) in [6.07, 6.45) is -1.32. The largest absolute Gasteiger partial charge is 0.461 e. The molecule has 3 rings (SSSR count). The van der Waals surface area contributed by atoms with Crippen LogP contribution in [0.25, 0.3) is 0 Å². The van der Waals surface area contributed by atoms with Crippen LogP contribution >= 0.6 is 7.60 Å². The van der Waals surface area contributed by atoms with Gasteiger partial charge in [-0.3, -0.25) is 18.7 Å². The summed E-state index contributed by atoms with van der Waals surface area (Å²) in [6.45, 7) is 0.177. The number of nitrogens with one attached hydrogen (secondary N) is 1. The molecule has 1 amide bonds. The van der Waals surface area contributed by atoms with E-state index in [4.69, 9.17) is 9.26 Å². The Labute approximate surface area is 199 Å². The first-order valence-corrected chi connectivity index (χ1v) is 12.7. The maximum absolute atomic E-state index is 12.8. The van der Waals surface area contributed by atoms with E-state index < -0.39 is 25.6 Å². The smallest absolute Gasteiger partial charge is 0.333 e. The minimum atomic E-state index is -4.11. The second-order valence-corrected chi connectivity index (χ2v) is 9.55. The summed E-state index contributed by atoms with van der Waals surface area (Å²) in [7, 11) is -4.11. The number of benzene rings is 3. The molecule has 3 aromatic carbocycles. The van der Waals surface area contributed by atoms with Crippen LogP contribution in [-0.2, 0) is 42.6 Å². The predicted octanol–water partition coefficient (Wildman–Crippen LogP) is 4.25. The molecule has 0 aliphatic rings. The lowest BCUT2D eigenvalue weighted by atomic mass is 10.1. The molecule has 178 valence electrons. The average Bonchev–Trinajstić information content (AvgIpc) is 2.84. The Morgan fingerprint density at radius 2 is 1.35 bits per heavy atom. The Morgan fingerprint density at radius 3 is 1.94 bits per heavy atom. The van der Waals surface area contributed by atoms with E-state index in [-0.39, 0.29) is 32.2 Å². The van der Waals surface area contributed by atoms with Gasteiger partial charge in [0.25, 0.3) is 0 Å². The molecule has 8 heteroatoms. The van der Waals surface area contributed by atoms with Crippen molar-refractivity contribution < 1.29 is 28.3 Å². The molecule has 34 heavy (non-hydrogen) atoms. The molecule has 7 nitrogen and oxygen atoms in total. The van der Waals surface area contributed by atoms with E-state index in [0.717, 1.165) is 11.1 Å². The van der Waals surface area contributed by atoms with Crippen LogP contribution in [0, 0.1) is 0 Å². The van der Waals surface area contributed by atoms with Gasteiger partial charge in [0.05, 0.1) is 12.6 Å². The second kappa shape index (κ2) is 12.8. The molecule has 0 saturated heterocycles. The highest BCUT2D eigenvalue weighted by atomic mass is 31.2. The Hall–Kier alpha value is -3.25. The Morgan fingerprint density at radius 1 is 0.824 bits per heavy atom. The summed E-state index contributed by atoms with van der Waals surface area (Å²) >= 11 is 0. The molecule has 0 radical (unpaired) electrons. The van der Waals surface area contributed by atoms with Gasteiger partial charge in [-0.2, -0.15) is 0 Å². The molecule has 1 unspecified atom stereocenters. The van der Waals surface area contributed by atoms with Crippen molar-refractivity contribution in [2.75, 3.05) is 6.54 Å². The van der Waals surface area contributed by atoms with Crippen LogP contribution < -0.4 is 5.32 Å². The molecule has 2 N–H and O–H groups in total. The molecule has 0 fully saturated rings. The van der Waals surface area contributed by atoms with Crippen molar-refractivity contribution in [3.8, 4) is 0 Å². The van der Waals surface area contributed by atoms with E-state index in [2.05, 4.69) is 5.32 Å². The zero-order chi connectivity index (χ0) is 24.2. The number of rotatable bonds is 12. The van der Waals surface area contributed by atoms with Gasteiger partial charge in [-0.15, -0.1) is 0 Å². The van der Waals surface area contributed by atoms with E-state index in [9.17, 15) is 19.0 Å². The highest BCUT2D eigenvalue weighted by molar-refractivity contribution is 7.52. The third kappa shape index (κ3) is 8.94. The summed E-state index contributed by atoms with van der Waals surface area (Å²) < 4.78 is 23.4. The Bertz CT molecular complexity index is 1090. The van der Waals surface area contributed by atoms with Crippen molar-refractivity contribution in [3.05, 3.63) is 108 Å². The van der Waals surface area contributed by atoms with Crippen molar-refractivity contribution in [2.24, 2.45) is 0 Å². The van der Waals surface area contributed by atoms with Crippen molar-refractivity contribution in [3.63, 3.8) is 0 Å². The van der Waals surface area contributed by atoms with Crippen LogP contribution in [0.3, 0.4) is 0 Å². The van der Waals surface area contributed by atoms with Crippen molar-refractivity contribution in [1.82, 2.24) is 5.32 Å². The first kappa shape index (κ1) is 25.4. The number of ether oxygens (including phenoxy) is 1. The number of amides is 1. The maximum atomic E-state index is 12.8. The van der Waals surface area contributed by atoms with Gasteiger partial charge in [0.1, 0.15) is 12.7 Å². The molecular weight excluding hydrogens is 453 g/mol. The first-order chi connectivity index (χ1) is 16.4. The van der Waals surface area contributed by atoms with Crippen LogP contribution in [0.5, 0.6) is 0 Å². The standard InChI is InChI=1S/C26H28NO6P/c28-25(32-19-22-12-6-2-7-13-22)16-17-27-26(29)24(18-21-10-4-1-5-11-21)33-34(30,31)20-23-14-8-3-9-15-23/h1-15,24H,16-20H2,(H,27,29)(H,30,31)/t24-/m0/s1. The van der Waals surface area contributed by atoms with E-state index in [0.29, 0.717) is 5.56 Å². The lowest BCUT2D eigenvalue weighted by molar-refractivity contribution is -0.144. The van der Waals surface area contributed by atoms with Crippen LogP contribution in [0.1, 0.15) is 23.1 Å². The summed E-state index contributed by atoms with van der Waals surface area (Å²) in [5, 5.41) is 2.62. The lowest BCUT2D eigenvalue weighted by Crippen LogP contribution is -2.38. The van der Waals surface area contributed by atoms with Crippen LogP contribution in [0.2, 0.25) is 0 Å². The molecule has 0 heterocycles. The van der Waals surface area contributed by atoms with Crippen molar-refractivity contribution in [2.45, 2.75) is 31.7 Å². The average molecular weight is 481 g/mol. The topological polar surface area (TPSA) is 102 Å². The first-order valence-electron chi connectivity index (χ1n) is 11.0. The molecular formula is C26H28NO6P. The third-order valence-corrected chi connectivity index (χ3v) is 6.29. The fourth-order valence-electron chi connectivity index (χ4n) is 3.27. The van der Waals surface area contributed by atoms with E-state index in [1.54, 1.807) is 24.3 Å². The number of hydrogen-bond acceptors (Lipinski definition) is 5. The maximum Gasteiger partial charge on any atom is 0.333 e. The molecule has 0 aromatic heterocycles. The highest BCUT2D eigenvalue weighted by Gasteiger charge is 2.30. The number of esters is 1. The molecule has 0 saturated carbocycles. The quantitative estimate of drug-likeness (QED) is 0.296. The molecule has 0 spiro atoms. The molecule has 0 bridgehead atoms. The molecule has 3 aromatic rings. The van der Waals surface area contributed by atoms with E-state index in [1.165, 1.54) is 0 Å². The Kier molecular flexibility index (Phi) is 9.59. The van der Waals surface area contributed by atoms with E-state index in [1.807, 2.05) is 66.7 Å². The van der Waals surface area contributed by atoms with Crippen molar-refractivity contribution >= 4 is 19.5 Å². The molecule has 0 aliphatic carbocycles. The summed E-state index contributed by atoms with van der Waals surface area (Å²) in [5.74, 6) is -1.02. The Balaban J connectivity index is 1.55. The second-order valence-electron chi connectivity index (χ2n) is 7.75. The van der Waals surface area contributed by atoms with Gasteiger partial charge >= 0.3 is 13.6 Å². The van der Waals surface area contributed by atoms with Crippen LogP contribution in [0.15, 0.2) is 91.0 Å². The van der Waals surface area contributed by atoms with Gasteiger partial charge in [-0.25, -0.2) is 0 Å². The summed E-state index contributed by atoms with van der Waals surface area (Å²) in [4.78, 5) is 35.3. The minimum Gasteiger partial charge on any atom is -0.461 e. The van der Waals surface area contributed by atoms with Crippen molar-refractivity contribution in [1.29, 1.82) is 0 Å². The summed E-state index contributed by atoms with van der Waals surface area (Å²) in [5.41, 5.74) is 2.28. The van der Waals surface area contributed by atoms with Crippen LogP contribution in [-0.4, -0.2) is 29.4 Å². The molecule has 0 aliphatic heterocycles. The van der Waals surface area contributed by atoms with Crippen LogP contribution in [0.4, 0.5) is 0 Å². The van der Waals surface area contributed by atoms with E-state index >= 15 is 0 Å². The lowest BCUT2D eigenvalue weighted by Gasteiger charge is -2.21. The van der Waals surface area contributed by atoms with Gasteiger partial charge in [-0.05, 0) is 16.7 Å². The van der Waals surface area contributed by atoms with Gasteiger partial charge in [0, 0.05) is 13.0 Å². The van der Waals surface area contributed by atoms with Gasteiger partial charge in [-0.1, -0.05) is 91.0 Å². The third-order valence-electron chi connectivity index (χ3n) is 4.94. The van der Waals surface area contributed by atoms with Gasteiger partial charge in [0.2, 0.25) is 5.91 Å². The monoisotopic (exact) mass is 481 g/mol. The normalized spacial score (nSPS) is 13.4. The zero-order valence-corrected chi connectivity index (χ0v) is 19.6. The van der Waals surface area contributed by atoms with Gasteiger partial charge < -0.3 is 14.9 Å². The zero-order valence-electron chi connectivity index (χ0n) is 18.7. The van der Waals surface area contributed by atoms with Gasteiger partial charge in [0.15, 0.2) is 0 Å². The highest BCUT2D eigenvalue weighted by Crippen LogP contribution is 2.47. The SMILES string of the molecule is O=C(CCNC(=O)[C@H](Cc1ccccc1)OP(=O)(O)Cc1ccccc1)OCc1ccccc1. The number of carbonyl (C=O) groups is 2. The summed E-state index contributed by atoms with van der Waals surface area (Å²) in [6, 6.07) is 27.2. The predicted molar refractivity (Wildman–Crippen MR) is 129 cm³/mol. The molecule has 2 atom stereocenters. The number of carbonyl (C=O) groups excluding carboxylic acids is 2. The minimum absolute atomic E-state index is 0.0233. The fraction of sp³-hybridized carbons (Fsp3) is 0.231.